The highest BCUT2D eigenvalue weighted by Crippen LogP contribution is 2.37. The molecule has 0 bridgehead atoms. The van der Waals surface area contributed by atoms with Crippen LogP contribution in [0.1, 0.15) is 17.4 Å². The quantitative estimate of drug-likeness (QED) is 0.575. The molecular formula is C20H15N3O2. The van der Waals surface area contributed by atoms with Gasteiger partial charge in [0.15, 0.2) is 11.6 Å². The Morgan fingerprint density at radius 2 is 1.92 bits per heavy atom. The summed E-state index contributed by atoms with van der Waals surface area (Å²) in [6, 6.07) is 17.4. The molecule has 0 fully saturated rings. The van der Waals surface area contributed by atoms with Crippen LogP contribution in [-0.4, -0.2) is 9.78 Å². The molecule has 1 N–H and O–H groups in total. The van der Waals surface area contributed by atoms with Gasteiger partial charge in [-0.2, -0.15) is 5.10 Å². The number of hydrogen-bond donors (Lipinski definition) is 1. The van der Waals surface area contributed by atoms with E-state index < -0.39 is 6.17 Å². The lowest BCUT2D eigenvalue weighted by Crippen LogP contribution is -2.29. The smallest absolute Gasteiger partial charge is 0.199 e. The summed E-state index contributed by atoms with van der Waals surface area (Å²) in [7, 11) is 0. The summed E-state index contributed by atoms with van der Waals surface area (Å²) < 4.78 is 7.57. The summed E-state index contributed by atoms with van der Waals surface area (Å²) in [6.07, 6.45) is 1.14. The standard InChI is InChI=1S/C20H15N3O2/c1-12-10-17-13-6-2-4-8-16(13)21-20(23(17)22-12)15-11-25-18-9-5-3-7-14(18)19(15)24/h2-11,20-21H,1H3/t20-/m0/s1. The van der Waals surface area contributed by atoms with Crippen LogP contribution in [0, 0.1) is 6.92 Å². The van der Waals surface area contributed by atoms with E-state index in [9.17, 15) is 4.79 Å². The number of aromatic nitrogens is 2. The minimum atomic E-state index is -0.403. The molecule has 0 unspecified atom stereocenters. The number of para-hydroxylation sites is 2. The highest BCUT2D eigenvalue weighted by atomic mass is 16.3. The predicted molar refractivity (Wildman–Crippen MR) is 96.6 cm³/mol. The third-order valence-corrected chi connectivity index (χ3v) is 4.60. The van der Waals surface area contributed by atoms with Gasteiger partial charge in [-0.05, 0) is 31.2 Å². The number of benzene rings is 2. The van der Waals surface area contributed by atoms with Gasteiger partial charge >= 0.3 is 0 Å². The first kappa shape index (κ1) is 14.0. The number of nitrogens with zero attached hydrogens (tertiary/aromatic N) is 2. The van der Waals surface area contributed by atoms with Crippen molar-refractivity contribution in [3.05, 3.63) is 82.3 Å². The summed E-state index contributed by atoms with van der Waals surface area (Å²) >= 11 is 0. The highest BCUT2D eigenvalue weighted by molar-refractivity contribution is 5.80. The van der Waals surface area contributed by atoms with Crippen molar-refractivity contribution >= 4 is 16.7 Å². The molecule has 1 aliphatic heterocycles. The van der Waals surface area contributed by atoms with Crippen molar-refractivity contribution in [2.45, 2.75) is 13.1 Å². The maximum Gasteiger partial charge on any atom is 0.199 e. The second-order valence-electron chi connectivity index (χ2n) is 6.22. The van der Waals surface area contributed by atoms with Crippen molar-refractivity contribution in [1.29, 1.82) is 0 Å². The Morgan fingerprint density at radius 3 is 2.84 bits per heavy atom. The molecular weight excluding hydrogens is 314 g/mol. The van der Waals surface area contributed by atoms with E-state index in [4.69, 9.17) is 4.42 Å². The van der Waals surface area contributed by atoms with Crippen LogP contribution < -0.4 is 10.7 Å². The SMILES string of the molecule is Cc1cc2n(n1)[C@@H](c1coc3ccccc3c1=O)Nc1ccccc1-2. The van der Waals surface area contributed by atoms with Gasteiger partial charge in [0.1, 0.15) is 11.8 Å². The summed E-state index contributed by atoms with van der Waals surface area (Å²) in [5.41, 5.74) is 5.03. The summed E-state index contributed by atoms with van der Waals surface area (Å²) in [5.74, 6) is 0. The lowest BCUT2D eigenvalue weighted by molar-refractivity contribution is 0.532. The number of anilines is 1. The van der Waals surface area contributed by atoms with Crippen molar-refractivity contribution < 1.29 is 4.42 Å². The Balaban J connectivity index is 1.76. The van der Waals surface area contributed by atoms with E-state index in [0.29, 0.717) is 16.5 Å². The Morgan fingerprint density at radius 1 is 1.12 bits per heavy atom. The third kappa shape index (κ3) is 2.02. The first-order valence-corrected chi connectivity index (χ1v) is 8.15. The summed E-state index contributed by atoms with van der Waals surface area (Å²) in [4.78, 5) is 13.0. The largest absolute Gasteiger partial charge is 0.464 e. The zero-order valence-electron chi connectivity index (χ0n) is 13.6. The first-order valence-electron chi connectivity index (χ1n) is 8.15. The van der Waals surface area contributed by atoms with E-state index in [1.807, 2.05) is 54.1 Å². The van der Waals surface area contributed by atoms with Crippen LogP contribution in [0.4, 0.5) is 5.69 Å². The molecule has 5 nitrogen and oxygen atoms in total. The zero-order valence-corrected chi connectivity index (χ0v) is 13.6. The Kier molecular flexibility index (Phi) is 2.85. The molecule has 3 heterocycles. The minimum absolute atomic E-state index is 0.0437. The van der Waals surface area contributed by atoms with Crippen molar-refractivity contribution in [2.75, 3.05) is 5.32 Å². The molecule has 0 spiro atoms. The van der Waals surface area contributed by atoms with Gasteiger partial charge in [0.25, 0.3) is 0 Å². The lowest BCUT2D eigenvalue weighted by atomic mass is 10.0. The van der Waals surface area contributed by atoms with Gasteiger partial charge in [-0.15, -0.1) is 0 Å². The van der Waals surface area contributed by atoms with Gasteiger partial charge in [-0.1, -0.05) is 30.3 Å². The van der Waals surface area contributed by atoms with Crippen molar-refractivity contribution in [2.24, 2.45) is 0 Å². The third-order valence-electron chi connectivity index (χ3n) is 4.60. The van der Waals surface area contributed by atoms with E-state index in [2.05, 4.69) is 10.4 Å². The average molecular weight is 329 g/mol. The minimum Gasteiger partial charge on any atom is -0.464 e. The zero-order chi connectivity index (χ0) is 17.0. The number of rotatable bonds is 1. The van der Waals surface area contributed by atoms with E-state index in [0.717, 1.165) is 22.6 Å². The molecule has 1 atom stereocenters. The fourth-order valence-corrected chi connectivity index (χ4v) is 3.45. The van der Waals surface area contributed by atoms with Gasteiger partial charge in [0.2, 0.25) is 0 Å². The molecule has 1 aliphatic rings. The molecule has 4 aromatic rings. The number of fused-ring (bicyclic) bond motifs is 4. The maximum absolute atomic E-state index is 13.0. The van der Waals surface area contributed by atoms with Gasteiger partial charge in [-0.25, -0.2) is 4.68 Å². The average Bonchev–Trinajstić information content (AvgIpc) is 3.04. The van der Waals surface area contributed by atoms with E-state index in [-0.39, 0.29) is 5.43 Å². The van der Waals surface area contributed by atoms with E-state index >= 15 is 0 Å². The normalized spacial score (nSPS) is 15.5. The highest BCUT2D eigenvalue weighted by Gasteiger charge is 2.28. The van der Waals surface area contributed by atoms with Crippen LogP contribution in [0.15, 0.2) is 70.1 Å². The van der Waals surface area contributed by atoms with Gasteiger partial charge in [-0.3, -0.25) is 4.79 Å². The first-order chi connectivity index (χ1) is 12.2. The van der Waals surface area contributed by atoms with E-state index in [1.54, 1.807) is 12.1 Å². The van der Waals surface area contributed by atoms with E-state index in [1.165, 1.54) is 6.26 Å². The molecule has 2 aromatic heterocycles. The Labute approximate surface area is 143 Å². The molecule has 5 heteroatoms. The topological polar surface area (TPSA) is 60.1 Å². The molecule has 0 saturated carbocycles. The fourth-order valence-electron chi connectivity index (χ4n) is 3.45. The van der Waals surface area contributed by atoms with Crippen molar-refractivity contribution in [1.82, 2.24) is 9.78 Å². The van der Waals surface area contributed by atoms with Crippen LogP contribution >= 0.6 is 0 Å². The van der Waals surface area contributed by atoms with Crippen molar-refractivity contribution in [3.63, 3.8) is 0 Å². The van der Waals surface area contributed by atoms with Gasteiger partial charge < -0.3 is 9.73 Å². The molecule has 5 rings (SSSR count). The number of aryl methyl sites for hydroxylation is 1. The van der Waals surface area contributed by atoms with Crippen LogP contribution in [0.2, 0.25) is 0 Å². The Hall–Kier alpha value is -3.34. The monoisotopic (exact) mass is 329 g/mol. The fraction of sp³-hybridized carbons (Fsp3) is 0.100. The summed E-state index contributed by atoms with van der Waals surface area (Å²) in [6.45, 7) is 1.95. The molecule has 0 radical (unpaired) electrons. The molecule has 25 heavy (non-hydrogen) atoms. The molecule has 0 amide bonds. The summed E-state index contributed by atoms with van der Waals surface area (Å²) in [5, 5.41) is 8.61. The second-order valence-corrected chi connectivity index (χ2v) is 6.22. The van der Waals surface area contributed by atoms with Crippen molar-refractivity contribution in [3.8, 4) is 11.3 Å². The number of hydrogen-bond acceptors (Lipinski definition) is 4. The molecule has 2 aromatic carbocycles. The van der Waals surface area contributed by atoms with Crippen LogP contribution in [-0.2, 0) is 0 Å². The molecule has 0 saturated heterocycles. The molecule has 0 aliphatic carbocycles. The van der Waals surface area contributed by atoms with Gasteiger partial charge in [0, 0.05) is 11.3 Å². The van der Waals surface area contributed by atoms with Gasteiger partial charge in [0.05, 0.1) is 22.3 Å². The van der Waals surface area contributed by atoms with Crippen LogP contribution in [0.3, 0.4) is 0 Å². The van der Waals surface area contributed by atoms with Crippen LogP contribution in [0.5, 0.6) is 0 Å². The molecule has 122 valence electrons. The second kappa shape index (κ2) is 5.08. The predicted octanol–water partition coefficient (Wildman–Crippen LogP) is 3.94. The lowest BCUT2D eigenvalue weighted by Gasteiger charge is -2.28. The maximum atomic E-state index is 13.0. The number of nitrogens with one attached hydrogen (secondary N) is 1. The Bertz CT molecular complexity index is 1170. The van der Waals surface area contributed by atoms with Crippen LogP contribution in [0.25, 0.3) is 22.2 Å².